The zero-order chi connectivity index (χ0) is 8.85. The molecule has 0 aliphatic rings. The van der Waals surface area contributed by atoms with E-state index in [2.05, 4.69) is 61.6 Å². The monoisotopic (exact) mass is 348 g/mol. The molecule has 0 amide bonds. The molecule has 3 unspecified atom stereocenters. The van der Waals surface area contributed by atoms with Crippen molar-refractivity contribution in [1.29, 1.82) is 0 Å². The topological polar surface area (TPSA) is 0 Å². The standard InChI is InChI=1S/C8H15Br3/c1-3-5-7(10)8(11)6(9)4-2/h6-8H,3-5H2,1-2H3. The molecule has 0 aromatic heterocycles. The van der Waals surface area contributed by atoms with Crippen molar-refractivity contribution in [3.05, 3.63) is 0 Å². The van der Waals surface area contributed by atoms with Crippen molar-refractivity contribution in [3.63, 3.8) is 0 Å². The van der Waals surface area contributed by atoms with Crippen molar-refractivity contribution < 1.29 is 0 Å². The summed E-state index contributed by atoms with van der Waals surface area (Å²) in [5.74, 6) is 0. The fraction of sp³-hybridized carbons (Fsp3) is 1.00. The lowest BCUT2D eigenvalue weighted by atomic mass is 10.1. The molecule has 3 heteroatoms. The zero-order valence-corrected chi connectivity index (χ0v) is 11.7. The van der Waals surface area contributed by atoms with E-state index in [1.54, 1.807) is 0 Å². The fourth-order valence-electron chi connectivity index (χ4n) is 0.887. The molecule has 0 aromatic carbocycles. The first-order valence-corrected chi connectivity index (χ1v) is 6.80. The Balaban J connectivity index is 3.70. The fourth-order valence-corrected chi connectivity index (χ4v) is 3.13. The van der Waals surface area contributed by atoms with Crippen molar-refractivity contribution in [1.82, 2.24) is 0 Å². The Kier molecular flexibility index (Phi) is 7.81. The average molecular weight is 351 g/mol. The normalized spacial score (nSPS) is 19.4. The van der Waals surface area contributed by atoms with Crippen LogP contribution in [0.15, 0.2) is 0 Å². The van der Waals surface area contributed by atoms with Gasteiger partial charge in [-0.2, -0.15) is 0 Å². The maximum atomic E-state index is 3.68. The third-order valence-corrected chi connectivity index (χ3v) is 6.59. The Morgan fingerprint density at radius 3 is 1.91 bits per heavy atom. The van der Waals surface area contributed by atoms with Gasteiger partial charge < -0.3 is 0 Å². The maximum absolute atomic E-state index is 3.68. The van der Waals surface area contributed by atoms with Gasteiger partial charge in [0.15, 0.2) is 0 Å². The summed E-state index contributed by atoms with van der Waals surface area (Å²) in [6.07, 6.45) is 3.64. The van der Waals surface area contributed by atoms with Crippen LogP contribution in [0.25, 0.3) is 0 Å². The summed E-state index contributed by atoms with van der Waals surface area (Å²) in [6, 6.07) is 0. The van der Waals surface area contributed by atoms with Crippen LogP contribution >= 0.6 is 47.8 Å². The van der Waals surface area contributed by atoms with Crippen molar-refractivity contribution in [2.45, 2.75) is 47.6 Å². The lowest BCUT2D eigenvalue weighted by molar-refractivity contribution is 0.685. The van der Waals surface area contributed by atoms with E-state index in [1.165, 1.54) is 19.3 Å². The van der Waals surface area contributed by atoms with Gasteiger partial charge in [0.05, 0.1) is 0 Å². The molecule has 0 nitrogen and oxygen atoms in total. The van der Waals surface area contributed by atoms with E-state index in [1.807, 2.05) is 0 Å². The summed E-state index contributed by atoms with van der Waals surface area (Å²) >= 11 is 11.0. The van der Waals surface area contributed by atoms with Crippen molar-refractivity contribution in [2.75, 3.05) is 0 Å². The molecule has 68 valence electrons. The summed E-state index contributed by atoms with van der Waals surface area (Å²) in [4.78, 5) is 1.72. The van der Waals surface area contributed by atoms with Gasteiger partial charge in [0.1, 0.15) is 0 Å². The number of halogens is 3. The second-order valence-electron chi connectivity index (χ2n) is 2.67. The molecular formula is C8H15Br3. The molecule has 0 aliphatic heterocycles. The van der Waals surface area contributed by atoms with Crippen LogP contribution in [0.4, 0.5) is 0 Å². The van der Waals surface area contributed by atoms with E-state index >= 15 is 0 Å². The second-order valence-corrected chi connectivity index (χ2v) is 6.08. The van der Waals surface area contributed by atoms with Gasteiger partial charge in [0.25, 0.3) is 0 Å². The van der Waals surface area contributed by atoms with Crippen molar-refractivity contribution >= 4 is 47.8 Å². The summed E-state index contributed by atoms with van der Waals surface area (Å²) in [5, 5.41) is 0. The summed E-state index contributed by atoms with van der Waals surface area (Å²) in [5.41, 5.74) is 0. The summed E-state index contributed by atoms with van der Waals surface area (Å²) in [6.45, 7) is 4.41. The van der Waals surface area contributed by atoms with E-state index in [4.69, 9.17) is 0 Å². The Hall–Kier alpha value is 1.44. The van der Waals surface area contributed by atoms with Gasteiger partial charge in [0.2, 0.25) is 0 Å². The maximum Gasteiger partial charge on any atom is 0.0396 e. The molecule has 0 fully saturated rings. The van der Waals surface area contributed by atoms with Crippen LogP contribution in [0, 0.1) is 0 Å². The Morgan fingerprint density at radius 2 is 1.55 bits per heavy atom. The predicted molar refractivity (Wildman–Crippen MR) is 63.3 cm³/mol. The Labute approximate surface area is 94.9 Å². The molecule has 11 heavy (non-hydrogen) atoms. The van der Waals surface area contributed by atoms with Gasteiger partial charge in [-0.1, -0.05) is 68.1 Å². The van der Waals surface area contributed by atoms with Crippen LogP contribution in [0.5, 0.6) is 0 Å². The SMILES string of the molecule is CCCC(Br)C(Br)C(Br)CC. The van der Waals surface area contributed by atoms with E-state index in [0.29, 0.717) is 14.5 Å². The van der Waals surface area contributed by atoms with Gasteiger partial charge in [-0.15, -0.1) is 0 Å². The van der Waals surface area contributed by atoms with Crippen LogP contribution in [0.3, 0.4) is 0 Å². The highest BCUT2D eigenvalue weighted by molar-refractivity contribution is 9.13. The molecular weight excluding hydrogens is 336 g/mol. The minimum absolute atomic E-state index is 0.549. The minimum atomic E-state index is 0.549. The zero-order valence-electron chi connectivity index (χ0n) is 6.99. The lowest BCUT2D eigenvalue weighted by Crippen LogP contribution is -2.23. The molecule has 0 rings (SSSR count). The summed E-state index contributed by atoms with van der Waals surface area (Å²) in [7, 11) is 0. The van der Waals surface area contributed by atoms with Crippen LogP contribution in [0.1, 0.15) is 33.1 Å². The van der Waals surface area contributed by atoms with Gasteiger partial charge in [-0.3, -0.25) is 0 Å². The molecule has 0 saturated carbocycles. The molecule has 0 radical (unpaired) electrons. The second kappa shape index (κ2) is 6.90. The molecule has 0 N–H and O–H groups in total. The highest BCUT2D eigenvalue weighted by atomic mass is 79.9. The average Bonchev–Trinajstić information content (AvgIpc) is 2.02. The third kappa shape index (κ3) is 4.89. The molecule has 0 spiro atoms. The number of rotatable bonds is 5. The molecule has 0 saturated heterocycles. The van der Waals surface area contributed by atoms with Crippen LogP contribution < -0.4 is 0 Å². The van der Waals surface area contributed by atoms with Crippen molar-refractivity contribution in [3.8, 4) is 0 Å². The van der Waals surface area contributed by atoms with Gasteiger partial charge >= 0.3 is 0 Å². The smallest absolute Gasteiger partial charge is 0.0396 e. The van der Waals surface area contributed by atoms with Gasteiger partial charge in [0, 0.05) is 14.5 Å². The van der Waals surface area contributed by atoms with E-state index in [0.717, 1.165) is 0 Å². The van der Waals surface area contributed by atoms with E-state index in [-0.39, 0.29) is 0 Å². The van der Waals surface area contributed by atoms with E-state index in [9.17, 15) is 0 Å². The quantitative estimate of drug-likeness (QED) is 0.641. The molecule has 0 aromatic rings. The molecule has 0 heterocycles. The van der Waals surface area contributed by atoms with Crippen molar-refractivity contribution in [2.24, 2.45) is 0 Å². The van der Waals surface area contributed by atoms with Crippen LogP contribution in [-0.2, 0) is 0 Å². The highest BCUT2D eigenvalue weighted by Gasteiger charge is 2.21. The largest absolute Gasteiger partial charge is 0.0878 e. The molecule has 0 bridgehead atoms. The lowest BCUT2D eigenvalue weighted by Gasteiger charge is -2.20. The molecule has 0 aliphatic carbocycles. The minimum Gasteiger partial charge on any atom is -0.0878 e. The number of alkyl halides is 3. The van der Waals surface area contributed by atoms with Gasteiger partial charge in [-0.05, 0) is 12.8 Å². The summed E-state index contributed by atoms with van der Waals surface area (Å²) < 4.78 is 0. The Morgan fingerprint density at radius 1 is 1.00 bits per heavy atom. The number of hydrogen-bond acceptors (Lipinski definition) is 0. The first-order valence-electron chi connectivity index (χ1n) is 4.05. The van der Waals surface area contributed by atoms with E-state index < -0.39 is 0 Å². The first kappa shape index (κ1) is 12.4. The first-order chi connectivity index (χ1) is 5.13. The van der Waals surface area contributed by atoms with Gasteiger partial charge in [-0.25, -0.2) is 0 Å². The Bertz CT molecular complexity index is 95.3. The predicted octanol–water partition coefficient (Wildman–Crippen LogP) is 4.49. The highest BCUT2D eigenvalue weighted by Crippen LogP contribution is 2.27. The molecule has 3 atom stereocenters. The number of hydrogen-bond donors (Lipinski definition) is 0. The third-order valence-electron chi connectivity index (χ3n) is 1.65. The van der Waals surface area contributed by atoms with Crippen LogP contribution in [0.2, 0.25) is 0 Å². The van der Waals surface area contributed by atoms with Crippen LogP contribution in [-0.4, -0.2) is 14.5 Å².